The Hall–Kier alpha value is -2.30. The molecule has 1 aromatic carbocycles. The van der Waals surface area contributed by atoms with Gasteiger partial charge in [0.05, 0.1) is 0 Å². The molecule has 1 aromatic heterocycles. The van der Waals surface area contributed by atoms with Crippen molar-refractivity contribution in [3.8, 4) is 0 Å². The maximum absolute atomic E-state index is 11.8. The molecule has 100 valence electrons. The molecule has 3 N–H and O–H groups in total. The number of hydrogen-bond acceptors (Lipinski definition) is 3. The first-order valence-electron chi connectivity index (χ1n) is 6.25. The van der Waals surface area contributed by atoms with E-state index in [1.54, 1.807) is 12.3 Å². The van der Waals surface area contributed by atoms with Gasteiger partial charge in [-0.15, -0.1) is 0 Å². The van der Waals surface area contributed by atoms with Gasteiger partial charge in [-0.05, 0) is 25.0 Å². The minimum Gasteiger partial charge on any atom is -0.382 e. The van der Waals surface area contributed by atoms with Crippen LogP contribution in [0.1, 0.15) is 12.5 Å². The molecular formula is C14H18N4O. The number of nitrogens with one attached hydrogen (secondary N) is 1. The maximum atomic E-state index is 11.8. The van der Waals surface area contributed by atoms with E-state index in [9.17, 15) is 4.79 Å². The van der Waals surface area contributed by atoms with Crippen LogP contribution in [-0.2, 0) is 17.8 Å². The molecule has 0 aliphatic heterocycles. The summed E-state index contributed by atoms with van der Waals surface area (Å²) < 4.78 is 1.53. The third kappa shape index (κ3) is 4.13. The predicted octanol–water partition coefficient (Wildman–Crippen LogP) is 1.21. The summed E-state index contributed by atoms with van der Waals surface area (Å²) in [4.78, 5) is 11.8. The summed E-state index contributed by atoms with van der Waals surface area (Å²) in [6.45, 7) is 2.18. The van der Waals surface area contributed by atoms with Crippen molar-refractivity contribution in [1.82, 2.24) is 15.1 Å². The van der Waals surface area contributed by atoms with Crippen LogP contribution in [0.2, 0.25) is 0 Å². The molecule has 2 aromatic rings. The highest BCUT2D eigenvalue weighted by atomic mass is 16.2. The zero-order chi connectivity index (χ0) is 13.7. The van der Waals surface area contributed by atoms with Crippen molar-refractivity contribution in [2.45, 2.75) is 25.9 Å². The van der Waals surface area contributed by atoms with Gasteiger partial charge in [0.25, 0.3) is 0 Å². The van der Waals surface area contributed by atoms with Gasteiger partial charge in [0, 0.05) is 12.2 Å². The number of amides is 1. The van der Waals surface area contributed by atoms with Crippen molar-refractivity contribution in [1.29, 1.82) is 0 Å². The lowest BCUT2D eigenvalue weighted by molar-refractivity contribution is -0.122. The maximum Gasteiger partial charge on any atom is 0.241 e. The normalized spacial score (nSPS) is 12.1. The molecule has 0 spiro atoms. The van der Waals surface area contributed by atoms with Gasteiger partial charge in [-0.3, -0.25) is 9.48 Å². The van der Waals surface area contributed by atoms with E-state index in [0.717, 1.165) is 6.42 Å². The molecule has 0 bridgehead atoms. The smallest absolute Gasteiger partial charge is 0.241 e. The minimum absolute atomic E-state index is 0.0634. The standard InChI is InChI=1S/C14H18N4O/c1-11(9-12-5-3-2-4-6-12)16-14(19)10-18-8-7-13(15)17-18/h2-8,11H,9-10H2,1H3,(H2,15,17)(H,16,19). The van der Waals surface area contributed by atoms with E-state index >= 15 is 0 Å². The summed E-state index contributed by atoms with van der Waals surface area (Å²) in [6.07, 6.45) is 2.50. The lowest BCUT2D eigenvalue weighted by Gasteiger charge is -2.14. The Morgan fingerprint density at radius 3 is 2.74 bits per heavy atom. The second-order valence-electron chi connectivity index (χ2n) is 4.60. The van der Waals surface area contributed by atoms with Crippen LogP contribution < -0.4 is 11.1 Å². The summed E-state index contributed by atoms with van der Waals surface area (Å²) in [5.74, 6) is 0.358. The van der Waals surface area contributed by atoms with Crippen molar-refractivity contribution in [3.05, 3.63) is 48.2 Å². The van der Waals surface area contributed by atoms with Crippen LogP contribution in [0, 0.1) is 0 Å². The number of carbonyl (C=O) groups is 1. The van der Waals surface area contributed by atoms with Gasteiger partial charge in [-0.25, -0.2) is 0 Å². The van der Waals surface area contributed by atoms with Crippen molar-refractivity contribution in [3.63, 3.8) is 0 Å². The van der Waals surface area contributed by atoms with E-state index in [1.165, 1.54) is 10.2 Å². The van der Waals surface area contributed by atoms with E-state index in [2.05, 4.69) is 22.5 Å². The first-order valence-corrected chi connectivity index (χ1v) is 6.25. The first kappa shape index (κ1) is 13.1. The lowest BCUT2D eigenvalue weighted by atomic mass is 10.1. The van der Waals surface area contributed by atoms with Crippen LogP contribution >= 0.6 is 0 Å². The number of nitrogens with two attached hydrogens (primary N) is 1. The number of aromatic nitrogens is 2. The van der Waals surface area contributed by atoms with E-state index in [1.807, 2.05) is 25.1 Å². The highest BCUT2D eigenvalue weighted by Crippen LogP contribution is 2.03. The second-order valence-corrected chi connectivity index (χ2v) is 4.60. The zero-order valence-corrected chi connectivity index (χ0v) is 10.9. The summed E-state index contributed by atoms with van der Waals surface area (Å²) in [6, 6.07) is 11.8. The number of anilines is 1. The number of nitrogens with zero attached hydrogens (tertiary/aromatic N) is 2. The van der Waals surface area contributed by atoms with E-state index in [-0.39, 0.29) is 18.5 Å². The molecule has 0 radical (unpaired) electrons. The Balaban J connectivity index is 1.82. The molecule has 0 saturated heterocycles. The molecule has 0 aliphatic rings. The van der Waals surface area contributed by atoms with Gasteiger partial charge >= 0.3 is 0 Å². The third-order valence-electron chi connectivity index (χ3n) is 2.76. The molecule has 5 nitrogen and oxygen atoms in total. The molecule has 0 aliphatic carbocycles. The van der Waals surface area contributed by atoms with Crippen molar-refractivity contribution >= 4 is 11.7 Å². The Kier molecular flexibility index (Phi) is 4.18. The number of hydrogen-bond donors (Lipinski definition) is 2. The van der Waals surface area contributed by atoms with Crippen LogP contribution in [0.3, 0.4) is 0 Å². The Morgan fingerprint density at radius 1 is 1.37 bits per heavy atom. The Morgan fingerprint density at radius 2 is 2.11 bits per heavy atom. The molecule has 5 heteroatoms. The molecule has 1 atom stereocenters. The van der Waals surface area contributed by atoms with E-state index in [0.29, 0.717) is 5.82 Å². The lowest BCUT2D eigenvalue weighted by Crippen LogP contribution is -2.36. The predicted molar refractivity (Wildman–Crippen MR) is 74.4 cm³/mol. The Labute approximate surface area is 112 Å². The molecular weight excluding hydrogens is 240 g/mol. The molecule has 0 fully saturated rings. The quantitative estimate of drug-likeness (QED) is 0.846. The van der Waals surface area contributed by atoms with Gasteiger partial charge in [-0.1, -0.05) is 30.3 Å². The van der Waals surface area contributed by atoms with Gasteiger partial charge < -0.3 is 11.1 Å². The topological polar surface area (TPSA) is 72.9 Å². The van der Waals surface area contributed by atoms with Crippen LogP contribution in [0.4, 0.5) is 5.82 Å². The fourth-order valence-corrected chi connectivity index (χ4v) is 1.95. The summed E-state index contributed by atoms with van der Waals surface area (Å²) >= 11 is 0. The summed E-state index contributed by atoms with van der Waals surface area (Å²) in [7, 11) is 0. The first-order chi connectivity index (χ1) is 9.13. The number of carbonyl (C=O) groups excluding carboxylic acids is 1. The summed E-state index contributed by atoms with van der Waals surface area (Å²) in [5.41, 5.74) is 6.70. The fourth-order valence-electron chi connectivity index (χ4n) is 1.95. The number of nitrogen functional groups attached to an aromatic ring is 1. The SMILES string of the molecule is CC(Cc1ccccc1)NC(=O)Cn1ccc(N)n1. The molecule has 0 saturated carbocycles. The second kappa shape index (κ2) is 6.04. The minimum atomic E-state index is -0.0634. The summed E-state index contributed by atoms with van der Waals surface area (Å²) in [5, 5.41) is 6.92. The number of benzene rings is 1. The van der Waals surface area contributed by atoms with Crippen LogP contribution in [0.25, 0.3) is 0 Å². The molecule has 1 unspecified atom stereocenters. The molecule has 1 heterocycles. The number of rotatable bonds is 5. The van der Waals surface area contributed by atoms with E-state index < -0.39 is 0 Å². The van der Waals surface area contributed by atoms with E-state index in [4.69, 9.17) is 5.73 Å². The van der Waals surface area contributed by atoms with Crippen LogP contribution in [-0.4, -0.2) is 21.7 Å². The highest BCUT2D eigenvalue weighted by Gasteiger charge is 2.09. The van der Waals surface area contributed by atoms with Crippen molar-refractivity contribution in [2.75, 3.05) is 5.73 Å². The fraction of sp³-hybridized carbons (Fsp3) is 0.286. The molecule has 2 rings (SSSR count). The van der Waals surface area contributed by atoms with Crippen molar-refractivity contribution in [2.24, 2.45) is 0 Å². The average molecular weight is 258 g/mol. The molecule has 1 amide bonds. The average Bonchev–Trinajstić information content (AvgIpc) is 2.75. The van der Waals surface area contributed by atoms with Crippen LogP contribution in [0.15, 0.2) is 42.6 Å². The van der Waals surface area contributed by atoms with Gasteiger partial charge in [0.1, 0.15) is 12.4 Å². The third-order valence-corrected chi connectivity index (χ3v) is 2.76. The van der Waals surface area contributed by atoms with Gasteiger partial charge in [0.2, 0.25) is 5.91 Å². The van der Waals surface area contributed by atoms with Crippen LogP contribution in [0.5, 0.6) is 0 Å². The highest BCUT2D eigenvalue weighted by molar-refractivity contribution is 5.76. The largest absolute Gasteiger partial charge is 0.382 e. The molecule has 19 heavy (non-hydrogen) atoms. The zero-order valence-electron chi connectivity index (χ0n) is 10.9. The van der Waals surface area contributed by atoms with Gasteiger partial charge in [-0.2, -0.15) is 5.10 Å². The monoisotopic (exact) mass is 258 g/mol. The van der Waals surface area contributed by atoms with Crippen molar-refractivity contribution < 1.29 is 4.79 Å². The Bertz CT molecular complexity index is 535. The van der Waals surface area contributed by atoms with Gasteiger partial charge in [0.15, 0.2) is 0 Å².